The van der Waals surface area contributed by atoms with Gasteiger partial charge in [-0.1, -0.05) is 60.1 Å². The summed E-state index contributed by atoms with van der Waals surface area (Å²) >= 11 is 6.03. The van der Waals surface area contributed by atoms with E-state index in [2.05, 4.69) is 10.3 Å². The Labute approximate surface area is 217 Å². The van der Waals surface area contributed by atoms with Crippen LogP contribution in [-0.2, 0) is 39.1 Å². The van der Waals surface area contributed by atoms with Gasteiger partial charge in [-0.25, -0.2) is 8.42 Å². The van der Waals surface area contributed by atoms with Crippen molar-refractivity contribution < 1.29 is 18.0 Å². The highest BCUT2D eigenvalue weighted by Crippen LogP contribution is 2.17. The summed E-state index contributed by atoms with van der Waals surface area (Å²) < 4.78 is 25.0. The molecule has 190 valence electrons. The molecule has 1 N–H and O–H groups in total. The average molecular weight is 529 g/mol. The summed E-state index contributed by atoms with van der Waals surface area (Å²) in [6.45, 7) is -0.107. The largest absolute Gasteiger partial charge is 0.349 e. The van der Waals surface area contributed by atoms with E-state index < -0.39 is 28.5 Å². The van der Waals surface area contributed by atoms with Gasteiger partial charge in [-0.2, -0.15) is 4.31 Å². The number of hydrogen-bond donors (Lipinski definition) is 1. The van der Waals surface area contributed by atoms with Crippen molar-refractivity contribution >= 4 is 33.4 Å². The third-order valence-electron chi connectivity index (χ3n) is 5.63. The van der Waals surface area contributed by atoms with Crippen LogP contribution in [0.1, 0.15) is 16.8 Å². The summed E-state index contributed by atoms with van der Waals surface area (Å²) in [6, 6.07) is 20.8. The van der Waals surface area contributed by atoms with Crippen LogP contribution in [0.25, 0.3) is 0 Å². The molecule has 0 aliphatic heterocycles. The number of amides is 2. The van der Waals surface area contributed by atoms with Crippen LogP contribution >= 0.6 is 11.6 Å². The second kappa shape index (κ2) is 12.6. The lowest BCUT2D eigenvalue weighted by Crippen LogP contribution is -2.52. The molecular formula is C26H29ClN4O4S. The minimum atomic E-state index is -3.60. The molecule has 0 bridgehead atoms. The summed E-state index contributed by atoms with van der Waals surface area (Å²) in [5.74, 6) is -0.861. The summed E-state index contributed by atoms with van der Waals surface area (Å²) in [5.41, 5.74) is 2.29. The number of pyridine rings is 1. The van der Waals surface area contributed by atoms with E-state index >= 15 is 0 Å². The quantitative estimate of drug-likeness (QED) is 0.412. The van der Waals surface area contributed by atoms with Gasteiger partial charge < -0.3 is 10.2 Å². The van der Waals surface area contributed by atoms with Crippen molar-refractivity contribution in [2.75, 3.05) is 19.8 Å². The maximum atomic E-state index is 13.5. The van der Waals surface area contributed by atoms with E-state index in [4.69, 9.17) is 11.6 Å². The molecule has 36 heavy (non-hydrogen) atoms. The van der Waals surface area contributed by atoms with Gasteiger partial charge in [0.25, 0.3) is 0 Å². The van der Waals surface area contributed by atoms with Gasteiger partial charge >= 0.3 is 0 Å². The van der Waals surface area contributed by atoms with E-state index in [1.54, 1.807) is 42.6 Å². The first-order valence-electron chi connectivity index (χ1n) is 11.3. The van der Waals surface area contributed by atoms with Gasteiger partial charge in [-0.15, -0.1) is 0 Å². The van der Waals surface area contributed by atoms with Crippen LogP contribution in [0.2, 0.25) is 5.02 Å². The van der Waals surface area contributed by atoms with Gasteiger partial charge in [-0.05, 0) is 35.4 Å². The fourth-order valence-electron chi connectivity index (χ4n) is 3.54. The number of benzene rings is 2. The molecule has 1 aromatic heterocycles. The zero-order valence-electron chi connectivity index (χ0n) is 20.2. The van der Waals surface area contributed by atoms with Crippen molar-refractivity contribution in [2.24, 2.45) is 0 Å². The van der Waals surface area contributed by atoms with Crippen molar-refractivity contribution in [1.82, 2.24) is 19.5 Å². The normalized spacial score (nSPS) is 12.2. The SMILES string of the molecule is CN(CC(=O)N(Cc1ccc(Cl)cc1)[C@H](Cc1ccccc1)C(=O)NCc1ccccn1)S(C)(=O)=O. The van der Waals surface area contributed by atoms with Crippen molar-refractivity contribution in [2.45, 2.75) is 25.6 Å². The van der Waals surface area contributed by atoms with Crippen LogP contribution < -0.4 is 5.32 Å². The number of likely N-dealkylation sites (N-methyl/N-ethyl adjacent to an activating group) is 1. The lowest BCUT2D eigenvalue weighted by atomic mass is 10.0. The van der Waals surface area contributed by atoms with E-state index in [0.29, 0.717) is 10.7 Å². The molecule has 0 aliphatic rings. The van der Waals surface area contributed by atoms with E-state index in [1.807, 2.05) is 36.4 Å². The number of aromatic nitrogens is 1. The van der Waals surface area contributed by atoms with Crippen molar-refractivity contribution in [3.05, 3.63) is 101 Å². The topological polar surface area (TPSA) is 99.7 Å². The van der Waals surface area contributed by atoms with Crippen LogP contribution in [0.4, 0.5) is 0 Å². The first-order valence-corrected chi connectivity index (χ1v) is 13.5. The number of halogens is 1. The molecule has 2 aromatic carbocycles. The summed E-state index contributed by atoms with van der Waals surface area (Å²) in [7, 11) is -2.27. The van der Waals surface area contributed by atoms with Gasteiger partial charge in [-0.3, -0.25) is 14.6 Å². The van der Waals surface area contributed by atoms with Crippen LogP contribution in [0.3, 0.4) is 0 Å². The van der Waals surface area contributed by atoms with Gasteiger partial charge in [0.2, 0.25) is 21.8 Å². The van der Waals surface area contributed by atoms with Crippen molar-refractivity contribution in [1.29, 1.82) is 0 Å². The molecule has 0 saturated carbocycles. The van der Waals surface area contributed by atoms with Crippen LogP contribution in [0.5, 0.6) is 0 Å². The van der Waals surface area contributed by atoms with E-state index in [-0.39, 0.29) is 25.4 Å². The Hall–Kier alpha value is -3.27. The highest BCUT2D eigenvalue weighted by molar-refractivity contribution is 7.88. The summed E-state index contributed by atoms with van der Waals surface area (Å²) in [6.07, 6.45) is 2.92. The molecule has 0 unspecified atom stereocenters. The molecule has 0 saturated heterocycles. The average Bonchev–Trinajstić information content (AvgIpc) is 2.86. The van der Waals surface area contributed by atoms with Gasteiger partial charge in [0.1, 0.15) is 6.04 Å². The van der Waals surface area contributed by atoms with Gasteiger partial charge in [0.05, 0.1) is 25.0 Å². The molecule has 3 rings (SSSR count). The number of sulfonamides is 1. The Balaban J connectivity index is 1.94. The van der Waals surface area contributed by atoms with Crippen molar-refractivity contribution in [3.8, 4) is 0 Å². The third kappa shape index (κ3) is 8.15. The smallest absolute Gasteiger partial charge is 0.243 e. The first-order chi connectivity index (χ1) is 17.1. The highest BCUT2D eigenvalue weighted by atomic mass is 35.5. The molecule has 1 atom stereocenters. The zero-order valence-corrected chi connectivity index (χ0v) is 21.7. The predicted molar refractivity (Wildman–Crippen MR) is 139 cm³/mol. The maximum absolute atomic E-state index is 13.5. The molecule has 8 nitrogen and oxygen atoms in total. The van der Waals surface area contributed by atoms with Gasteiger partial charge in [0.15, 0.2) is 0 Å². The maximum Gasteiger partial charge on any atom is 0.243 e. The number of carbonyl (C=O) groups excluding carboxylic acids is 2. The molecule has 0 fully saturated rings. The third-order valence-corrected chi connectivity index (χ3v) is 7.14. The second-order valence-electron chi connectivity index (χ2n) is 8.41. The Morgan fingerprint density at radius 1 is 0.972 bits per heavy atom. The van der Waals surface area contributed by atoms with Crippen LogP contribution in [0.15, 0.2) is 79.0 Å². The number of hydrogen-bond acceptors (Lipinski definition) is 5. The van der Waals surface area contributed by atoms with E-state index in [0.717, 1.165) is 21.7 Å². The van der Waals surface area contributed by atoms with Crippen molar-refractivity contribution in [3.63, 3.8) is 0 Å². The molecule has 10 heteroatoms. The minimum Gasteiger partial charge on any atom is -0.349 e. The minimum absolute atomic E-state index is 0.0993. The lowest BCUT2D eigenvalue weighted by Gasteiger charge is -2.32. The summed E-state index contributed by atoms with van der Waals surface area (Å²) in [4.78, 5) is 32.6. The molecule has 0 aliphatic carbocycles. The molecule has 0 spiro atoms. The molecular weight excluding hydrogens is 500 g/mol. The lowest BCUT2D eigenvalue weighted by molar-refractivity contribution is -0.141. The number of nitrogens with zero attached hydrogens (tertiary/aromatic N) is 3. The zero-order chi connectivity index (χ0) is 26.1. The Morgan fingerprint density at radius 2 is 1.64 bits per heavy atom. The highest BCUT2D eigenvalue weighted by Gasteiger charge is 2.31. The van der Waals surface area contributed by atoms with E-state index in [1.165, 1.54) is 11.9 Å². The van der Waals surface area contributed by atoms with Crippen LogP contribution in [-0.4, -0.2) is 60.3 Å². The Bertz CT molecular complexity index is 1260. The van der Waals surface area contributed by atoms with Crippen LogP contribution in [0, 0.1) is 0 Å². The number of nitrogens with one attached hydrogen (secondary N) is 1. The Morgan fingerprint density at radius 3 is 2.25 bits per heavy atom. The molecule has 2 amide bonds. The monoisotopic (exact) mass is 528 g/mol. The fraction of sp³-hybridized carbons (Fsp3) is 0.269. The predicted octanol–water partition coefficient (Wildman–Crippen LogP) is 2.88. The molecule has 0 radical (unpaired) electrons. The van der Waals surface area contributed by atoms with E-state index in [9.17, 15) is 18.0 Å². The number of carbonyl (C=O) groups is 2. The second-order valence-corrected chi connectivity index (χ2v) is 10.9. The Kier molecular flexibility index (Phi) is 9.58. The fourth-order valence-corrected chi connectivity index (χ4v) is 4.01. The summed E-state index contributed by atoms with van der Waals surface area (Å²) in [5, 5.41) is 3.43. The molecule has 3 aromatic rings. The molecule has 1 heterocycles. The number of rotatable bonds is 11. The van der Waals surface area contributed by atoms with Gasteiger partial charge in [0, 0.05) is 31.2 Å². The standard InChI is InChI=1S/C26H29ClN4O4S/c1-30(36(2,34)35)19-25(32)31(18-21-11-13-22(27)14-12-21)24(16-20-8-4-3-5-9-20)26(33)29-17-23-10-6-7-15-28-23/h3-15,24H,16-19H2,1-2H3,(H,29,33)/t24-/m1/s1. The first kappa shape index (κ1) is 27.3.